The van der Waals surface area contributed by atoms with E-state index in [9.17, 15) is 24.0 Å². The number of esters is 1. The average molecular weight is 475 g/mol. The summed E-state index contributed by atoms with van der Waals surface area (Å²) in [4.78, 5) is 68.2. The second kappa shape index (κ2) is 11.4. The maximum atomic E-state index is 13.0. The van der Waals surface area contributed by atoms with Crippen LogP contribution >= 0.6 is 0 Å². The van der Waals surface area contributed by atoms with Crippen molar-refractivity contribution in [1.29, 1.82) is 0 Å². The topological polar surface area (TPSA) is 126 Å². The Kier molecular flexibility index (Phi) is 8.90. The lowest BCUT2D eigenvalue weighted by Gasteiger charge is -2.22. The molecule has 11 heteroatoms. The molecule has 184 valence electrons. The molecule has 1 aromatic heterocycles. The Labute approximate surface area is 196 Å². The van der Waals surface area contributed by atoms with Crippen molar-refractivity contribution in [2.45, 2.75) is 53.4 Å². The molecule has 0 unspecified atom stereocenters. The Morgan fingerprint density at radius 1 is 1.06 bits per heavy atom. The molecule has 0 bridgehead atoms. The molecule has 0 saturated heterocycles. The van der Waals surface area contributed by atoms with Crippen molar-refractivity contribution in [3.63, 3.8) is 0 Å². The molecule has 1 heterocycles. The molecule has 1 aromatic carbocycles. The first-order valence-electron chi connectivity index (χ1n) is 10.6. The zero-order valence-corrected chi connectivity index (χ0v) is 19.9. The number of aryl methyl sites for hydroxylation is 1. The number of amides is 1. The molecule has 2 rings (SSSR count). The van der Waals surface area contributed by atoms with Crippen molar-refractivity contribution >= 4 is 18.0 Å². The number of aromatic nitrogens is 2. The molecule has 0 fully saturated rings. The highest BCUT2D eigenvalue weighted by Crippen LogP contribution is 2.08. The standard InChI is InChI=1S/C23H29N3O8/c1-6-32-19(28)14-25(33-15-17-10-8-7-9-11-17)18(27)13-24-12-16(2)20(29)26(21(24)30)22(31)34-23(3,4)5/h7-12H,6,13-15H2,1-5H3. The van der Waals surface area contributed by atoms with Crippen LogP contribution in [0.2, 0.25) is 0 Å². The maximum Gasteiger partial charge on any atom is 0.425 e. The van der Waals surface area contributed by atoms with Gasteiger partial charge in [0.25, 0.3) is 11.5 Å². The fourth-order valence-electron chi connectivity index (χ4n) is 2.80. The van der Waals surface area contributed by atoms with Crippen LogP contribution in [0.4, 0.5) is 4.79 Å². The Morgan fingerprint density at radius 3 is 2.29 bits per heavy atom. The normalized spacial score (nSPS) is 11.1. The van der Waals surface area contributed by atoms with E-state index in [1.54, 1.807) is 52.0 Å². The van der Waals surface area contributed by atoms with Gasteiger partial charge in [-0.15, -0.1) is 0 Å². The molecule has 11 nitrogen and oxygen atoms in total. The predicted octanol–water partition coefficient (Wildman–Crippen LogP) is 1.63. The number of hydrogen-bond acceptors (Lipinski definition) is 8. The van der Waals surface area contributed by atoms with E-state index in [4.69, 9.17) is 14.3 Å². The summed E-state index contributed by atoms with van der Waals surface area (Å²) in [5.74, 6) is -1.47. The molecule has 0 N–H and O–H groups in total. The molecular formula is C23H29N3O8. The minimum atomic E-state index is -1.16. The molecule has 0 spiro atoms. The van der Waals surface area contributed by atoms with Crippen molar-refractivity contribution in [1.82, 2.24) is 14.2 Å². The van der Waals surface area contributed by atoms with Gasteiger partial charge in [-0.05, 0) is 40.2 Å². The second-order valence-corrected chi connectivity index (χ2v) is 8.34. The Bertz CT molecular complexity index is 1150. The van der Waals surface area contributed by atoms with Gasteiger partial charge >= 0.3 is 17.8 Å². The minimum absolute atomic E-state index is 0.0165. The summed E-state index contributed by atoms with van der Waals surface area (Å²) in [7, 11) is 0. The van der Waals surface area contributed by atoms with Crippen LogP contribution in [-0.2, 0) is 37.1 Å². The van der Waals surface area contributed by atoms with Crippen molar-refractivity contribution in [3.05, 3.63) is 68.5 Å². The second-order valence-electron chi connectivity index (χ2n) is 8.34. The predicted molar refractivity (Wildman–Crippen MR) is 121 cm³/mol. The molecule has 0 aliphatic heterocycles. The monoisotopic (exact) mass is 475 g/mol. The molecule has 0 aliphatic carbocycles. The highest BCUT2D eigenvalue weighted by atomic mass is 16.7. The number of nitrogens with zero attached hydrogens (tertiary/aromatic N) is 3. The summed E-state index contributed by atoms with van der Waals surface area (Å²) in [6.45, 7) is 6.76. The van der Waals surface area contributed by atoms with Crippen LogP contribution in [0.5, 0.6) is 0 Å². The third-order valence-electron chi connectivity index (χ3n) is 4.29. The van der Waals surface area contributed by atoms with Gasteiger partial charge in [0.05, 0.1) is 6.61 Å². The molecular weight excluding hydrogens is 446 g/mol. The number of carbonyl (C=O) groups is 3. The number of benzene rings is 1. The van der Waals surface area contributed by atoms with Crippen molar-refractivity contribution < 1.29 is 28.7 Å². The first kappa shape index (κ1) is 26.5. The third-order valence-corrected chi connectivity index (χ3v) is 4.29. The summed E-state index contributed by atoms with van der Waals surface area (Å²) in [5.41, 5.74) is -2.07. The number of hydrogen-bond donors (Lipinski definition) is 0. The lowest BCUT2D eigenvalue weighted by atomic mass is 10.2. The van der Waals surface area contributed by atoms with Gasteiger partial charge in [-0.3, -0.25) is 23.8 Å². The van der Waals surface area contributed by atoms with Crippen molar-refractivity contribution in [2.75, 3.05) is 13.2 Å². The lowest BCUT2D eigenvalue weighted by molar-refractivity contribution is -0.198. The zero-order chi connectivity index (χ0) is 25.5. The lowest BCUT2D eigenvalue weighted by Crippen LogP contribution is -2.48. The summed E-state index contributed by atoms with van der Waals surface area (Å²) in [6.07, 6.45) is -0.000455. The summed E-state index contributed by atoms with van der Waals surface area (Å²) < 4.78 is 11.2. The van der Waals surface area contributed by atoms with Crippen LogP contribution < -0.4 is 11.2 Å². The Hall–Kier alpha value is -3.73. The summed E-state index contributed by atoms with van der Waals surface area (Å²) in [6, 6.07) is 8.95. The van der Waals surface area contributed by atoms with Crippen LogP contribution in [0.1, 0.15) is 38.8 Å². The van der Waals surface area contributed by atoms with Gasteiger partial charge in [0, 0.05) is 11.8 Å². The van der Waals surface area contributed by atoms with Crippen LogP contribution in [0.25, 0.3) is 0 Å². The van der Waals surface area contributed by atoms with E-state index in [0.29, 0.717) is 4.57 Å². The van der Waals surface area contributed by atoms with Gasteiger partial charge in [0.15, 0.2) is 0 Å². The van der Waals surface area contributed by atoms with Crippen LogP contribution in [0.15, 0.2) is 46.1 Å². The van der Waals surface area contributed by atoms with E-state index in [1.165, 1.54) is 6.92 Å². The van der Waals surface area contributed by atoms with E-state index in [1.807, 2.05) is 6.07 Å². The van der Waals surface area contributed by atoms with Gasteiger partial charge in [-0.2, -0.15) is 4.57 Å². The first-order valence-corrected chi connectivity index (χ1v) is 10.6. The van der Waals surface area contributed by atoms with Gasteiger partial charge in [0.2, 0.25) is 0 Å². The summed E-state index contributed by atoms with van der Waals surface area (Å²) >= 11 is 0. The molecule has 34 heavy (non-hydrogen) atoms. The van der Waals surface area contributed by atoms with E-state index in [2.05, 4.69) is 0 Å². The molecule has 0 radical (unpaired) electrons. The molecule has 1 amide bonds. The quantitative estimate of drug-likeness (QED) is 0.417. The largest absolute Gasteiger partial charge is 0.465 e. The van der Waals surface area contributed by atoms with Crippen LogP contribution in [-0.4, -0.2) is 50.9 Å². The number of carbonyl (C=O) groups excluding carboxylic acids is 3. The maximum absolute atomic E-state index is 13.0. The van der Waals surface area contributed by atoms with E-state index in [-0.39, 0.29) is 18.8 Å². The Morgan fingerprint density at radius 2 is 1.71 bits per heavy atom. The molecule has 0 aliphatic rings. The van der Waals surface area contributed by atoms with Gasteiger partial charge in [0.1, 0.15) is 25.3 Å². The third kappa shape index (κ3) is 7.41. The van der Waals surface area contributed by atoms with E-state index < -0.39 is 47.9 Å². The van der Waals surface area contributed by atoms with E-state index in [0.717, 1.165) is 21.4 Å². The van der Waals surface area contributed by atoms with E-state index >= 15 is 0 Å². The number of ether oxygens (including phenoxy) is 2. The van der Waals surface area contributed by atoms with Crippen LogP contribution in [0, 0.1) is 6.92 Å². The first-order chi connectivity index (χ1) is 15.9. The van der Waals surface area contributed by atoms with Gasteiger partial charge in [-0.25, -0.2) is 14.7 Å². The fourth-order valence-corrected chi connectivity index (χ4v) is 2.80. The minimum Gasteiger partial charge on any atom is -0.465 e. The molecule has 0 atom stereocenters. The van der Waals surface area contributed by atoms with Gasteiger partial charge < -0.3 is 9.47 Å². The average Bonchev–Trinajstić information content (AvgIpc) is 2.74. The smallest absolute Gasteiger partial charge is 0.425 e. The zero-order valence-electron chi connectivity index (χ0n) is 19.9. The number of rotatable bonds is 8. The molecule has 2 aromatic rings. The van der Waals surface area contributed by atoms with Crippen molar-refractivity contribution in [3.8, 4) is 0 Å². The number of hydroxylamine groups is 2. The summed E-state index contributed by atoms with van der Waals surface area (Å²) in [5, 5.41) is 0.787. The SMILES string of the molecule is CCOC(=O)CN(OCc1ccccc1)C(=O)Cn1cc(C)c(=O)n(C(=O)OC(C)(C)C)c1=O. The van der Waals surface area contributed by atoms with Crippen LogP contribution in [0.3, 0.4) is 0 Å². The molecule has 0 saturated carbocycles. The van der Waals surface area contributed by atoms with Crippen molar-refractivity contribution in [2.24, 2.45) is 0 Å². The fraction of sp³-hybridized carbons (Fsp3) is 0.435. The highest BCUT2D eigenvalue weighted by Gasteiger charge is 2.25. The highest BCUT2D eigenvalue weighted by molar-refractivity contribution is 5.81. The van der Waals surface area contributed by atoms with Gasteiger partial charge in [-0.1, -0.05) is 30.3 Å². The Balaban J connectivity index is 2.32.